The highest BCUT2D eigenvalue weighted by Gasteiger charge is 2.17. The minimum Gasteiger partial charge on any atom is -0.480 e. The largest absolute Gasteiger partial charge is 0.480 e. The topological polar surface area (TPSA) is 92.6 Å². The molecule has 0 bridgehead atoms. The van der Waals surface area contributed by atoms with Gasteiger partial charge in [0.1, 0.15) is 6.54 Å². The standard InChI is InChI=1S/C13H19N3O4/c1-4-6-16(8-11(17)18)13-14-7-10(9(3)15-13)12(19)20-5-2/h7H,4-6,8H2,1-3H3,(H,17,18). The molecule has 1 aromatic heterocycles. The number of aromatic nitrogens is 2. The number of hydrogen-bond donors (Lipinski definition) is 1. The highest BCUT2D eigenvalue weighted by atomic mass is 16.5. The van der Waals surface area contributed by atoms with Gasteiger partial charge in [-0.15, -0.1) is 0 Å². The van der Waals surface area contributed by atoms with Crippen LogP contribution < -0.4 is 4.90 Å². The summed E-state index contributed by atoms with van der Waals surface area (Å²) in [6.07, 6.45) is 2.15. The maximum absolute atomic E-state index is 11.6. The van der Waals surface area contributed by atoms with E-state index in [9.17, 15) is 9.59 Å². The van der Waals surface area contributed by atoms with E-state index in [1.165, 1.54) is 6.20 Å². The lowest BCUT2D eigenvalue weighted by atomic mass is 10.2. The Hall–Kier alpha value is -2.18. The Kier molecular flexibility index (Phi) is 5.89. The van der Waals surface area contributed by atoms with Crippen LogP contribution >= 0.6 is 0 Å². The Morgan fingerprint density at radius 2 is 2.10 bits per heavy atom. The van der Waals surface area contributed by atoms with Crippen molar-refractivity contribution in [2.45, 2.75) is 27.2 Å². The number of aliphatic carboxylic acids is 1. The van der Waals surface area contributed by atoms with Crippen molar-refractivity contribution in [1.29, 1.82) is 0 Å². The zero-order valence-corrected chi connectivity index (χ0v) is 11.9. The molecule has 0 aliphatic carbocycles. The molecule has 1 rings (SSSR count). The number of hydrogen-bond acceptors (Lipinski definition) is 6. The molecular weight excluding hydrogens is 262 g/mol. The van der Waals surface area contributed by atoms with Gasteiger partial charge in [-0.25, -0.2) is 14.8 Å². The van der Waals surface area contributed by atoms with Gasteiger partial charge in [0.25, 0.3) is 0 Å². The normalized spacial score (nSPS) is 10.2. The number of carboxylic acid groups (broad SMARTS) is 1. The van der Waals surface area contributed by atoms with Gasteiger partial charge >= 0.3 is 11.9 Å². The van der Waals surface area contributed by atoms with Gasteiger partial charge in [0.05, 0.1) is 17.9 Å². The van der Waals surface area contributed by atoms with Crippen molar-refractivity contribution in [2.24, 2.45) is 0 Å². The van der Waals surface area contributed by atoms with Gasteiger partial charge in [-0.1, -0.05) is 6.92 Å². The summed E-state index contributed by atoms with van der Waals surface area (Å²) in [6.45, 7) is 5.97. The highest BCUT2D eigenvalue weighted by molar-refractivity contribution is 5.90. The quantitative estimate of drug-likeness (QED) is 0.752. The number of nitrogens with zero attached hydrogens (tertiary/aromatic N) is 3. The van der Waals surface area contributed by atoms with Gasteiger partial charge in [-0.2, -0.15) is 0 Å². The van der Waals surface area contributed by atoms with E-state index in [1.54, 1.807) is 18.7 Å². The molecule has 0 unspecified atom stereocenters. The molecule has 20 heavy (non-hydrogen) atoms. The van der Waals surface area contributed by atoms with Crippen LogP contribution in [0.5, 0.6) is 0 Å². The van der Waals surface area contributed by atoms with Crippen molar-refractivity contribution in [2.75, 3.05) is 24.6 Å². The minimum absolute atomic E-state index is 0.175. The third kappa shape index (κ3) is 4.18. The first-order valence-corrected chi connectivity index (χ1v) is 6.47. The smallest absolute Gasteiger partial charge is 0.341 e. The minimum atomic E-state index is -0.950. The molecule has 0 aliphatic rings. The third-order valence-corrected chi connectivity index (χ3v) is 2.56. The van der Waals surface area contributed by atoms with Gasteiger partial charge in [0.15, 0.2) is 0 Å². The molecule has 0 fully saturated rings. The number of carboxylic acids is 1. The van der Waals surface area contributed by atoms with Crippen molar-refractivity contribution in [3.05, 3.63) is 17.5 Å². The average Bonchev–Trinajstić information content (AvgIpc) is 2.37. The van der Waals surface area contributed by atoms with Gasteiger partial charge in [0.2, 0.25) is 5.95 Å². The van der Waals surface area contributed by atoms with Crippen LogP contribution in [0.25, 0.3) is 0 Å². The molecule has 7 heteroatoms. The van der Waals surface area contributed by atoms with E-state index in [4.69, 9.17) is 9.84 Å². The molecule has 7 nitrogen and oxygen atoms in total. The molecule has 1 aromatic rings. The number of carbonyl (C=O) groups excluding carboxylic acids is 1. The van der Waals surface area contributed by atoms with Crippen molar-refractivity contribution in [3.8, 4) is 0 Å². The van der Waals surface area contributed by atoms with E-state index in [0.717, 1.165) is 6.42 Å². The Labute approximate surface area is 117 Å². The molecule has 0 amide bonds. The number of aryl methyl sites for hydroxylation is 1. The van der Waals surface area contributed by atoms with Gasteiger partial charge in [-0.05, 0) is 20.3 Å². The molecule has 1 heterocycles. The average molecular weight is 281 g/mol. The lowest BCUT2D eigenvalue weighted by molar-refractivity contribution is -0.135. The molecule has 0 spiro atoms. The second kappa shape index (κ2) is 7.42. The Morgan fingerprint density at radius 1 is 1.40 bits per heavy atom. The monoisotopic (exact) mass is 281 g/mol. The fourth-order valence-corrected chi connectivity index (χ4v) is 1.70. The van der Waals surface area contributed by atoms with Crippen LogP contribution in [0.4, 0.5) is 5.95 Å². The molecular formula is C13H19N3O4. The van der Waals surface area contributed by atoms with Crippen LogP contribution in [-0.4, -0.2) is 46.7 Å². The van der Waals surface area contributed by atoms with Crippen LogP contribution in [0.1, 0.15) is 36.3 Å². The first-order chi connectivity index (χ1) is 9.49. The van der Waals surface area contributed by atoms with Crippen LogP contribution in [0.2, 0.25) is 0 Å². The lowest BCUT2D eigenvalue weighted by Crippen LogP contribution is -2.32. The maximum atomic E-state index is 11.6. The van der Waals surface area contributed by atoms with Crippen LogP contribution in [0, 0.1) is 6.92 Å². The first kappa shape index (κ1) is 15.9. The number of ether oxygens (including phenoxy) is 1. The second-order valence-electron chi connectivity index (χ2n) is 4.20. The van der Waals surface area contributed by atoms with Crippen LogP contribution in [0.3, 0.4) is 0 Å². The third-order valence-electron chi connectivity index (χ3n) is 2.56. The van der Waals surface area contributed by atoms with E-state index in [0.29, 0.717) is 23.8 Å². The number of anilines is 1. The summed E-state index contributed by atoms with van der Waals surface area (Å²) in [5, 5.41) is 8.88. The van der Waals surface area contributed by atoms with Crippen molar-refractivity contribution < 1.29 is 19.4 Å². The Balaban J connectivity index is 2.99. The highest BCUT2D eigenvalue weighted by Crippen LogP contribution is 2.12. The van der Waals surface area contributed by atoms with Gasteiger partial charge in [-0.3, -0.25) is 4.79 Å². The molecule has 0 aliphatic heterocycles. The summed E-state index contributed by atoms with van der Waals surface area (Å²) >= 11 is 0. The zero-order valence-electron chi connectivity index (χ0n) is 11.9. The summed E-state index contributed by atoms with van der Waals surface area (Å²) in [5.41, 5.74) is 0.766. The molecule has 0 radical (unpaired) electrons. The zero-order chi connectivity index (χ0) is 15.1. The maximum Gasteiger partial charge on any atom is 0.341 e. The van der Waals surface area contributed by atoms with Crippen molar-refractivity contribution in [1.82, 2.24) is 9.97 Å². The molecule has 110 valence electrons. The lowest BCUT2D eigenvalue weighted by Gasteiger charge is -2.20. The van der Waals surface area contributed by atoms with E-state index < -0.39 is 11.9 Å². The van der Waals surface area contributed by atoms with E-state index in [2.05, 4.69) is 9.97 Å². The Bertz CT molecular complexity index is 491. The molecule has 0 saturated heterocycles. The molecule has 0 atom stereocenters. The Morgan fingerprint density at radius 3 is 2.60 bits per heavy atom. The first-order valence-electron chi connectivity index (χ1n) is 6.47. The SMILES string of the molecule is CCCN(CC(=O)O)c1ncc(C(=O)OCC)c(C)n1. The van der Waals surface area contributed by atoms with E-state index >= 15 is 0 Å². The van der Waals surface area contributed by atoms with Gasteiger partial charge in [0, 0.05) is 12.7 Å². The van der Waals surface area contributed by atoms with Gasteiger partial charge < -0.3 is 14.7 Å². The van der Waals surface area contributed by atoms with Crippen LogP contribution in [-0.2, 0) is 9.53 Å². The molecule has 1 N–H and O–H groups in total. The summed E-state index contributed by atoms with van der Waals surface area (Å²) in [5.74, 6) is -1.12. The van der Waals surface area contributed by atoms with Crippen molar-refractivity contribution in [3.63, 3.8) is 0 Å². The van der Waals surface area contributed by atoms with E-state index in [-0.39, 0.29) is 13.2 Å². The van der Waals surface area contributed by atoms with E-state index in [1.807, 2.05) is 6.92 Å². The summed E-state index contributed by atoms with van der Waals surface area (Å²) < 4.78 is 4.89. The molecule has 0 aromatic carbocycles. The number of carbonyl (C=O) groups is 2. The van der Waals surface area contributed by atoms with Crippen molar-refractivity contribution >= 4 is 17.9 Å². The summed E-state index contributed by atoms with van der Waals surface area (Å²) in [7, 11) is 0. The second-order valence-corrected chi connectivity index (χ2v) is 4.20. The summed E-state index contributed by atoms with van der Waals surface area (Å²) in [6, 6.07) is 0. The summed E-state index contributed by atoms with van der Waals surface area (Å²) in [4.78, 5) is 32.3. The molecule has 0 saturated carbocycles. The predicted octanol–water partition coefficient (Wildman–Crippen LogP) is 1.26. The fourth-order valence-electron chi connectivity index (χ4n) is 1.70. The number of esters is 1. The fraction of sp³-hybridized carbons (Fsp3) is 0.538. The van der Waals surface area contributed by atoms with Crippen LogP contribution in [0.15, 0.2) is 6.20 Å². The number of rotatable bonds is 7. The predicted molar refractivity (Wildman–Crippen MR) is 72.9 cm³/mol.